The van der Waals surface area contributed by atoms with E-state index >= 15 is 0 Å². The SMILES string of the molecule is Brc1cccc2sc3ccccc3c12.CC.Nc1ccc(-c2ccccc2)cc1.c1ccc(-c2ccc(Nc3cccc4sc5ccccc5c34)cc2)cc1. The molecule has 0 saturated carbocycles. The van der Waals surface area contributed by atoms with E-state index in [1.54, 1.807) is 0 Å². The zero-order valence-electron chi connectivity index (χ0n) is 30.7. The molecule has 0 amide bonds. The summed E-state index contributed by atoms with van der Waals surface area (Å²) in [6.07, 6.45) is 0. The van der Waals surface area contributed by atoms with Gasteiger partial charge in [0.15, 0.2) is 0 Å². The zero-order valence-corrected chi connectivity index (χ0v) is 34.0. The van der Waals surface area contributed by atoms with Crippen molar-refractivity contribution in [1.29, 1.82) is 0 Å². The number of nitrogen functional groups attached to an aromatic ring is 1. The third kappa shape index (κ3) is 8.82. The second kappa shape index (κ2) is 18.1. The molecular formula is C50H41BrN2S2. The molecule has 0 atom stereocenters. The van der Waals surface area contributed by atoms with Gasteiger partial charge < -0.3 is 11.1 Å². The number of thiophene rings is 2. The summed E-state index contributed by atoms with van der Waals surface area (Å²) < 4.78 is 6.54. The average Bonchev–Trinajstić information content (AvgIpc) is 3.83. The Morgan fingerprint density at radius 3 is 1.38 bits per heavy atom. The van der Waals surface area contributed by atoms with Gasteiger partial charge in [0.25, 0.3) is 0 Å². The van der Waals surface area contributed by atoms with Crippen molar-refractivity contribution < 1.29 is 0 Å². The molecule has 2 heterocycles. The molecule has 2 aromatic heterocycles. The van der Waals surface area contributed by atoms with E-state index in [1.165, 1.54) is 67.1 Å². The lowest BCUT2D eigenvalue weighted by Crippen LogP contribution is -1.90. The Bertz CT molecular complexity index is 2750. The molecule has 0 spiro atoms. The number of hydrogen-bond donors (Lipinski definition) is 2. The molecule has 0 unspecified atom stereocenters. The maximum atomic E-state index is 5.60. The molecule has 0 aliphatic carbocycles. The van der Waals surface area contributed by atoms with Crippen LogP contribution in [0.2, 0.25) is 0 Å². The van der Waals surface area contributed by atoms with Gasteiger partial charge in [-0.15, -0.1) is 22.7 Å². The Morgan fingerprint density at radius 2 is 0.818 bits per heavy atom. The highest BCUT2D eigenvalue weighted by Gasteiger charge is 2.09. The van der Waals surface area contributed by atoms with Gasteiger partial charge in [0, 0.05) is 61.9 Å². The molecule has 55 heavy (non-hydrogen) atoms. The maximum absolute atomic E-state index is 5.60. The molecule has 270 valence electrons. The fourth-order valence-electron chi connectivity index (χ4n) is 6.45. The lowest BCUT2D eigenvalue weighted by molar-refractivity contribution is 1.50. The van der Waals surface area contributed by atoms with Crippen molar-refractivity contribution in [2.24, 2.45) is 0 Å². The van der Waals surface area contributed by atoms with Crippen molar-refractivity contribution >= 4 is 96.0 Å². The highest BCUT2D eigenvalue weighted by molar-refractivity contribution is 9.10. The summed E-state index contributed by atoms with van der Waals surface area (Å²) in [5.74, 6) is 0. The number of benzene rings is 8. The highest BCUT2D eigenvalue weighted by atomic mass is 79.9. The van der Waals surface area contributed by atoms with E-state index in [9.17, 15) is 0 Å². The molecule has 0 aliphatic heterocycles. The highest BCUT2D eigenvalue weighted by Crippen LogP contribution is 2.40. The minimum Gasteiger partial charge on any atom is -0.399 e. The van der Waals surface area contributed by atoms with Gasteiger partial charge in [-0.2, -0.15) is 0 Å². The van der Waals surface area contributed by atoms with Crippen molar-refractivity contribution in [2.45, 2.75) is 13.8 Å². The van der Waals surface area contributed by atoms with Crippen molar-refractivity contribution in [3.05, 3.63) is 199 Å². The number of halogens is 1. The quantitative estimate of drug-likeness (QED) is 0.174. The molecule has 5 heteroatoms. The topological polar surface area (TPSA) is 38.0 Å². The van der Waals surface area contributed by atoms with E-state index in [0.29, 0.717) is 0 Å². The van der Waals surface area contributed by atoms with Crippen LogP contribution >= 0.6 is 38.6 Å². The van der Waals surface area contributed by atoms with Crippen LogP contribution < -0.4 is 11.1 Å². The van der Waals surface area contributed by atoms with Crippen molar-refractivity contribution in [1.82, 2.24) is 0 Å². The summed E-state index contributed by atoms with van der Waals surface area (Å²) in [7, 11) is 0. The number of nitrogens with two attached hydrogens (primary N) is 1. The van der Waals surface area contributed by atoms with Crippen LogP contribution in [0, 0.1) is 0 Å². The van der Waals surface area contributed by atoms with Gasteiger partial charge in [-0.1, -0.05) is 163 Å². The first-order chi connectivity index (χ1) is 27.1. The third-order valence-electron chi connectivity index (χ3n) is 9.04. The van der Waals surface area contributed by atoms with Gasteiger partial charge in [0.1, 0.15) is 0 Å². The lowest BCUT2D eigenvalue weighted by atomic mass is 10.1. The van der Waals surface area contributed by atoms with E-state index in [0.717, 1.165) is 17.1 Å². The fourth-order valence-corrected chi connectivity index (χ4v) is 9.42. The molecular weight excluding hydrogens is 773 g/mol. The van der Waals surface area contributed by atoms with Crippen LogP contribution in [-0.4, -0.2) is 0 Å². The molecule has 10 aromatic rings. The van der Waals surface area contributed by atoms with Gasteiger partial charge in [-0.25, -0.2) is 0 Å². The van der Waals surface area contributed by atoms with Crippen LogP contribution in [0.1, 0.15) is 13.8 Å². The summed E-state index contributed by atoms with van der Waals surface area (Å²) >= 11 is 7.30. The van der Waals surface area contributed by atoms with Crippen LogP contribution in [0.3, 0.4) is 0 Å². The first kappa shape index (κ1) is 37.6. The molecule has 10 rings (SSSR count). The molecule has 0 radical (unpaired) electrons. The normalized spacial score (nSPS) is 10.5. The Morgan fingerprint density at radius 1 is 0.400 bits per heavy atom. The Hall–Kier alpha value is -5.72. The minimum absolute atomic E-state index is 0.805. The first-order valence-corrected chi connectivity index (χ1v) is 20.8. The summed E-state index contributed by atoms with van der Waals surface area (Å²) in [4.78, 5) is 0. The number of hydrogen-bond acceptors (Lipinski definition) is 4. The Labute approximate surface area is 339 Å². The molecule has 0 fully saturated rings. The van der Waals surface area contributed by atoms with Gasteiger partial charge in [0.2, 0.25) is 0 Å². The second-order valence-corrected chi connectivity index (χ2v) is 15.6. The second-order valence-electron chi connectivity index (χ2n) is 12.5. The average molecular weight is 814 g/mol. The summed E-state index contributed by atoms with van der Waals surface area (Å²) in [6.45, 7) is 4.00. The standard InChI is InChI=1S/C24H17NS.C12H7BrS.C12H11N.C2H6/c1-2-7-17(8-3-1)18-13-15-19(16-14-18)25-21-10-6-12-23-24(21)20-9-4-5-11-22(20)26-23;13-9-5-3-7-11-12(9)8-4-1-2-6-10(8)14-11;13-12-8-6-11(7-9-12)10-4-2-1-3-5-10;1-2/h1-16,25H;1-7H;1-9H,13H2;1-2H3. The maximum Gasteiger partial charge on any atom is 0.0478 e. The van der Waals surface area contributed by atoms with Crippen molar-refractivity contribution in [3.8, 4) is 22.3 Å². The van der Waals surface area contributed by atoms with Gasteiger partial charge in [-0.3, -0.25) is 0 Å². The fraction of sp³-hybridized carbons (Fsp3) is 0.0400. The third-order valence-corrected chi connectivity index (χ3v) is 12.0. The Balaban J connectivity index is 0.000000135. The molecule has 0 bridgehead atoms. The lowest BCUT2D eigenvalue weighted by Gasteiger charge is -2.10. The monoisotopic (exact) mass is 812 g/mol. The Kier molecular flexibility index (Phi) is 12.4. The van der Waals surface area contributed by atoms with Crippen LogP contribution in [-0.2, 0) is 0 Å². The molecule has 0 saturated heterocycles. The van der Waals surface area contributed by atoms with Crippen LogP contribution in [0.5, 0.6) is 0 Å². The molecule has 0 aliphatic rings. The van der Waals surface area contributed by atoms with E-state index in [4.69, 9.17) is 5.73 Å². The summed E-state index contributed by atoms with van der Waals surface area (Å²) in [6, 6.07) is 67.3. The zero-order chi connectivity index (χ0) is 38.0. The number of fused-ring (bicyclic) bond motifs is 6. The van der Waals surface area contributed by atoms with E-state index in [-0.39, 0.29) is 0 Å². The van der Waals surface area contributed by atoms with E-state index in [2.05, 4.69) is 167 Å². The van der Waals surface area contributed by atoms with E-state index < -0.39 is 0 Å². The number of nitrogens with one attached hydrogen (secondary N) is 1. The number of anilines is 3. The number of rotatable bonds is 4. The van der Waals surface area contributed by atoms with E-state index in [1.807, 2.05) is 85.1 Å². The molecule has 8 aromatic carbocycles. The molecule has 3 N–H and O–H groups in total. The van der Waals surface area contributed by atoms with Crippen LogP contribution in [0.15, 0.2) is 199 Å². The predicted molar refractivity (Wildman–Crippen MR) is 249 cm³/mol. The van der Waals surface area contributed by atoms with Crippen LogP contribution in [0.25, 0.3) is 62.6 Å². The van der Waals surface area contributed by atoms with Gasteiger partial charge in [0.05, 0.1) is 0 Å². The minimum atomic E-state index is 0.805. The smallest absolute Gasteiger partial charge is 0.0478 e. The molecule has 2 nitrogen and oxygen atoms in total. The predicted octanol–water partition coefficient (Wildman–Crippen LogP) is 16.2. The summed E-state index contributed by atoms with van der Waals surface area (Å²) in [5.41, 5.74) is 13.6. The van der Waals surface area contributed by atoms with Crippen LogP contribution in [0.4, 0.5) is 17.1 Å². The largest absolute Gasteiger partial charge is 0.399 e. The van der Waals surface area contributed by atoms with Gasteiger partial charge in [-0.05, 0) is 82.9 Å². The van der Waals surface area contributed by atoms with Gasteiger partial charge >= 0.3 is 0 Å². The summed E-state index contributed by atoms with van der Waals surface area (Å²) in [5, 5.41) is 8.92. The van der Waals surface area contributed by atoms with Crippen molar-refractivity contribution in [2.75, 3.05) is 11.1 Å². The van der Waals surface area contributed by atoms with Crippen molar-refractivity contribution in [3.63, 3.8) is 0 Å². The first-order valence-electron chi connectivity index (χ1n) is 18.4.